The van der Waals surface area contributed by atoms with Crippen LogP contribution in [0.3, 0.4) is 0 Å². The van der Waals surface area contributed by atoms with Gasteiger partial charge < -0.3 is 4.74 Å². The summed E-state index contributed by atoms with van der Waals surface area (Å²) in [7, 11) is 0. The van der Waals surface area contributed by atoms with Crippen molar-refractivity contribution in [3.05, 3.63) is 29.3 Å². The van der Waals surface area contributed by atoms with Gasteiger partial charge in [-0.1, -0.05) is 39.8 Å². The summed E-state index contributed by atoms with van der Waals surface area (Å²) < 4.78 is 5.97. The van der Waals surface area contributed by atoms with E-state index in [1.54, 1.807) is 0 Å². The second-order valence-corrected chi connectivity index (χ2v) is 6.43. The van der Waals surface area contributed by atoms with E-state index in [1.807, 2.05) is 0 Å². The first kappa shape index (κ1) is 11.5. The summed E-state index contributed by atoms with van der Waals surface area (Å²) in [5.41, 5.74) is 2.89. The van der Waals surface area contributed by atoms with Crippen molar-refractivity contribution in [1.29, 1.82) is 0 Å². The Kier molecular flexibility index (Phi) is 2.34. The maximum atomic E-state index is 5.97. The average molecular weight is 218 g/mol. The third-order valence-corrected chi connectivity index (χ3v) is 3.76. The number of benzene rings is 1. The Bertz CT molecular complexity index is 410. The van der Waals surface area contributed by atoms with Crippen LogP contribution in [0.5, 0.6) is 5.75 Å². The molecule has 88 valence electrons. The van der Waals surface area contributed by atoms with Crippen LogP contribution < -0.4 is 4.74 Å². The molecule has 0 spiro atoms. The molecule has 0 N–H and O–H groups in total. The zero-order valence-electron chi connectivity index (χ0n) is 11.2. The van der Waals surface area contributed by atoms with Gasteiger partial charge >= 0.3 is 0 Å². The highest BCUT2D eigenvalue weighted by Crippen LogP contribution is 2.45. The van der Waals surface area contributed by atoms with Gasteiger partial charge in [0.25, 0.3) is 0 Å². The molecule has 16 heavy (non-hydrogen) atoms. The van der Waals surface area contributed by atoms with Crippen molar-refractivity contribution in [2.45, 2.75) is 58.5 Å². The molecule has 0 bridgehead atoms. The SMILES string of the molecule is CC1c2cc(C(C)(C)C)ccc2OC1(C)C. The summed E-state index contributed by atoms with van der Waals surface area (Å²) in [6.45, 7) is 13.3. The predicted octanol–water partition coefficient (Wildman–Crippen LogP) is 4.26. The van der Waals surface area contributed by atoms with Crippen LogP contribution in [0.4, 0.5) is 0 Å². The molecule has 0 saturated heterocycles. The van der Waals surface area contributed by atoms with Gasteiger partial charge in [-0.05, 0) is 30.9 Å². The third kappa shape index (κ3) is 1.73. The highest BCUT2D eigenvalue weighted by molar-refractivity contribution is 5.46. The number of hydrogen-bond acceptors (Lipinski definition) is 1. The zero-order chi connectivity index (χ0) is 12.1. The Labute approximate surface area is 98.8 Å². The topological polar surface area (TPSA) is 9.23 Å². The number of ether oxygens (including phenoxy) is 1. The van der Waals surface area contributed by atoms with E-state index in [0.717, 1.165) is 5.75 Å². The van der Waals surface area contributed by atoms with E-state index in [1.165, 1.54) is 11.1 Å². The van der Waals surface area contributed by atoms with Gasteiger partial charge in [-0.25, -0.2) is 0 Å². The summed E-state index contributed by atoms with van der Waals surface area (Å²) in [5, 5.41) is 0. The van der Waals surface area contributed by atoms with E-state index in [9.17, 15) is 0 Å². The fourth-order valence-electron chi connectivity index (χ4n) is 2.19. The largest absolute Gasteiger partial charge is 0.487 e. The van der Waals surface area contributed by atoms with Crippen LogP contribution in [0.15, 0.2) is 18.2 Å². The highest BCUT2D eigenvalue weighted by atomic mass is 16.5. The summed E-state index contributed by atoms with van der Waals surface area (Å²) >= 11 is 0. The van der Waals surface area contributed by atoms with E-state index in [4.69, 9.17) is 4.74 Å². The molecule has 1 atom stereocenters. The normalized spacial score (nSPS) is 22.8. The fourth-order valence-corrected chi connectivity index (χ4v) is 2.19. The standard InChI is InChI=1S/C15H22O/c1-10-12-9-11(14(2,3)4)7-8-13(12)16-15(10,5)6/h7-10H,1-6H3. The lowest BCUT2D eigenvalue weighted by Gasteiger charge is -2.23. The molecule has 0 radical (unpaired) electrons. The molecule has 0 saturated carbocycles. The molecular formula is C15H22O. The minimum Gasteiger partial charge on any atom is -0.487 e. The molecule has 0 amide bonds. The first-order valence-corrected chi connectivity index (χ1v) is 6.05. The molecule has 1 heteroatoms. The van der Waals surface area contributed by atoms with Crippen LogP contribution in [-0.2, 0) is 5.41 Å². The highest BCUT2D eigenvalue weighted by Gasteiger charge is 2.38. The molecule has 1 aromatic carbocycles. The molecule has 0 fully saturated rings. The number of hydrogen-bond donors (Lipinski definition) is 0. The molecule has 1 nitrogen and oxygen atoms in total. The first-order chi connectivity index (χ1) is 7.22. The van der Waals surface area contributed by atoms with E-state index in [-0.39, 0.29) is 11.0 Å². The van der Waals surface area contributed by atoms with E-state index in [2.05, 4.69) is 59.7 Å². The van der Waals surface area contributed by atoms with Crippen LogP contribution in [0.25, 0.3) is 0 Å². The van der Waals surface area contributed by atoms with Gasteiger partial charge in [0.05, 0.1) is 0 Å². The summed E-state index contributed by atoms with van der Waals surface area (Å²) in [6, 6.07) is 6.63. The van der Waals surface area contributed by atoms with E-state index < -0.39 is 0 Å². The summed E-state index contributed by atoms with van der Waals surface area (Å²) in [5.74, 6) is 1.52. The zero-order valence-corrected chi connectivity index (χ0v) is 11.2. The number of fused-ring (bicyclic) bond motifs is 1. The molecule has 1 aromatic rings. The Morgan fingerprint density at radius 2 is 1.81 bits per heavy atom. The van der Waals surface area contributed by atoms with Gasteiger partial charge in [-0.15, -0.1) is 0 Å². The minimum atomic E-state index is -0.0706. The molecular weight excluding hydrogens is 196 g/mol. The molecule has 1 aliphatic heterocycles. The molecule has 2 rings (SSSR count). The lowest BCUT2D eigenvalue weighted by Crippen LogP contribution is -2.28. The predicted molar refractivity (Wildman–Crippen MR) is 68.3 cm³/mol. The Balaban J connectivity index is 2.47. The average Bonchev–Trinajstić information content (AvgIpc) is 2.36. The van der Waals surface area contributed by atoms with Crippen molar-refractivity contribution in [3.8, 4) is 5.75 Å². The second-order valence-electron chi connectivity index (χ2n) is 6.43. The Morgan fingerprint density at radius 1 is 1.19 bits per heavy atom. The van der Waals surface area contributed by atoms with E-state index >= 15 is 0 Å². The number of rotatable bonds is 0. The maximum Gasteiger partial charge on any atom is 0.123 e. The van der Waals surface area contributed by atoms with Gasteiger partial charge in [0.15, 0.2) is 0 Å². The van der Waals surface area contributed by atoms with Crippen LogP contribution >= 0.6 is 0 Å². The Hall–Kier alpha value is -0.980. The first-order valence-electron chi connectivity index (χ1n) is 6.05. The second kappa shape index (κ2) is 3.26. The fraction of sp³-hybridized carbons (Fsp3) is 0.600. The van der Waals surface area contributed by atoms with Crippen molar-refractivity contribution in [3.63, 3.8) is 0 Å². The van der Waals surface area contributed by atoms with Crippen LogP contribution in [0.1, 0.15) is 58.6 Å². The van der Waals surface area contributed by atoms with Crippen molar-refractivity contribution in [1.82, 2.24) is 0 Å². The third-order valence-electron chi connectivity index (χ3n) is 3.76. The summed E-state index contributed by atoms with van der Waals surface area (Å²) in [4.78, 5) is 0. The lowest BCUT2D eigenvalue weighted by atomic mass is 9.82. The van der Waals surface area contributed by atoms with Crippen molar-refractivity contribution < 1.29 is 4.74 Å². The molecule has 0 aliphatic carbocycles. The van der Waals surface area contributed by atoms with Gasteiger partial charge in [-0.2, -0.15) is 0 Å². The Morgan fingerprint density at radius 3 is 2.38 bits per heavy atom. The van der Waals surface area contributed by atoms with Gasteiger partial charge in [0.1, 0.15) is 11.4 Å². The quantitative estimate of drug-likeness (QED) is 0.632. The van der Waals surface area contributed by atoms with Crippen LogP contribution in [-0.4, -0.2) is 5.60 Å². The van der Waals surface area contributed by atoms with Crippen molar-refractivity contribution in [2.24, 2.45) is 0 Å². The van der Waals surface area contributed by atoms with Gasteiger partial charge in [-0.3, -0.25) is 0 Å². The molecule has 1 aliphatic rings. The lowest BCUT2D eigenvalue weighted by molar-refractivity contribution is 0.116. The maximum absolute atomic E-state index is 5.97. The monoisotopic (exact) mass is 218 g/mol. The smallest absolute Gasteiger partial charge is 0.123 e. The summed E-state index contributed by atoms with van der Waals surface area (Å²) in [6.07, 6.45) is 0. The van der Waals surface area contributed by atoms with Crippen molar-refractivity contribution >= 4 is 0 Å². The molecule has 0 aromatic heterocycles. The van der Waals surface area contributed by atoms with Gasteiger partial charge in [0.2, 0.25) is 0 Å². The molecule has 1 unspecified atom stereocenters. The van der Waals surface area contributed by atoms with Gasteiger partial charge in [0, 0.05) is 11.5 Å². The van der Waals surface area contributed by atoms with E-state index in [0.29, 0.717) is 5.92 Å². The van der Waals surface area contributed by atoms with Crippen molar-refractivity contribution in [2.75, 3.05) is 0 Å². The molecule has 1 heterocycles. The minimum absolute atomic E-state index is 0.0706. The van der Waals surface area contributed by atoms with Crippen LogP contribution in [0.2, 0.25) is 0 Å². The van der Waals surface area contributed by atoms with Crippen LogP contribution in [0, 0.1) is 0 Å².